The summed E-state index contributed by atoms with van der Waals surface area (Å²) in [6, 6.07) is 4.38. The second-order valence-corrected chi connectivity index (χ2v) is 5.71. The lowest BCUT2D eigenvalue weighted by molar-refractivity contribution is -0.123. The van der Waals surface area contributed by atoms with Crippen LogP contribution < -0.4 is 10.1 Å². The minimum Gasteiger partial charge on any atom is -0.481 e. The topological polar surface area (TPSA) is 58.6 Å². The van der Waals surface area contributed by atoms with Crippen LogP contribution in [-0.2, 0) is 4.79 Å². The van der Waals surface area contributed by atoms with Crippen molar-refractivity contribution in [2.24, 2.45) is 5.41 Å². The summed E-state index contributed by atoms with van der Waals surface area (Å²) in [6.07, 6.45) is 1.85. The molecule has 1 saturated carbocycles. The third-order valence-electron chi connectivity index (χ3n) is 3.21. The standard InChI is InChI=1S/C13H15BrFNO3/c14-9-1-2-11(10(15)5-9)19-6-12(18)16-7-13(8-17)3-4-13/h1-2,5,17H,3-4,6-8H2,(H,16,18). The summed E-state index contributed by atoms with van der Waals surface area (Å²) >= 11 is 3.14. The van der Waals surface area contributed by atoms with E-state index in [1.54, 1.807) is 6.07 Å². The van der Waals surface area contributed by atoms with Gasteiger partial charge in [0.2, 0.25) is 0 Å². The van der Waals surface area contributed by atoms with Crippen molar-refractivity contribution in [2.75, 3.05) is 19.8 Å². The van der Waals surface area contributed by atoms with Crippen LogP contribution in [0.3, 0.4) is 0 Å². The summed E-state index contributed by atoms with van der Waals surface area (Å²) in [5.41, 5.74) is -0.140. The van der Waals surface area contributed by atoms with Crippen LogP contribution in [0.4, 0.5) is 4.39 Å². The van der Waals surface area contributed by atoms with Crippen molar-refractivity contribution in [1.29, 1.82) is 0 Å². The summed E-state index contributed by atoms with van der Waals surface area (Å²) in [5.74, 6) is -0.792. The van der Waals surface area contributed by atoms with E-state index in [4.69, 9.17) is 9.84 Å². The molecule has 1 aliphatic carbocycles. The fourth-order valence-electron chi connectivity index (χ4n) is 1.64. The highest BCUT2D eigenvalue weighted by atomic mass is 79.9. The van der Waals surface area contributed by atoms with E-state index in [-0.39, 0.29) is 30.3 Å². The lowest BCUT2D eigenvalue weighted by Gasteiger charge is -2.13. The largest absolute Gasteiger partial charge is 0.481 e. The van der Waals surface area contributed by atoms with E-state index in [1.165, 1.54) is 12.1 Å². The van der Waals surface area contributed by atoms with Crippen molar-refractivity contribution in [1.82, 2.24) is 5.32 Å². The normalized spacial score (nSPS) is 15.9. The highest BCUT2D eigenvalue weighted by molar-refractivity contribution is 9.10. The number of rotatable bonds is 6. The van der Waals surface area contributed by atoms with Gasteiger partial charge in [-0.15, -0.1) is 0 Å². The third-order valence-corrected chi connectivity index (χ3v) is 3.70. The summed E-state index contributed by atoms with van der Waals surface area (Å²) < 4.78 is 19.1. The maximum Gasteiger partial charge on any atom is 0.257 e. The Bertz CT molecular complexity index is 477. The van der Waals surface area contributed by atoms with Crippen molar-refractivity contribution in [3.05, 3.63) is 28.5 Å². The third kappa shape index (κ3) is 3.91. The Balaban J connectivity index is 1.77. The molecule has 0 bridgehead atoms. The van der Waals surface area contributed by atoms with Crippen LogP contribution in [0.15, 0.2) is 22.7 Å². The Kier molecular flexibility index (Phi) is 4.42. The maximum atomic E-state index is 13.4. The second kappa shape index (κ2) is 5.88. The zero-order valence-corrected chi connectivity index (χ0v) is 11.9. The number of ether oxygens (including phenoxy) is 1. The smallest absolute Gasteiger partial charge is 0.257 e. The fraction of sp³-hybridized carbons (Fsp3) is 0.462. The molecule has 0 saturated heterocycles. The number of carbonyl (C=O) groups is 1. The van der Waals surface area contributed by atoms with Crippen molar-refractivity contribution >= 4 is 21.8 Å². The van der Waals surface area contributed by atoms with Crippen molar-refractivity contribution < 1.29 is 19.0 Å². The van der Waals surface area contributed by atoms with Gasteiger partial charge in [0.25, 0.3) is 5.91 Å². The molecule has 1 aliphatic rings. The average Bonchev–Trinajstić information content (AvgIpc) is 3.16. The Morgan fingerprint density at radius 2 is 2.26 bits per heavy atom. The van der Waals surface area contributed by atoms with Crippen LogP contribution >= 0.6 is 15.9 Å². The molecular formula is C13H15BrFNO3. The molecule has 1 aromatic rings. The quantitative estimate of drug-likeness (QED) is 0.836. The lowest BCUT2D eigenvalue weighted by Crippen LogP contribution is -2.35. The first kappa shape index (κ1) is 14.3. The van der Waals surface area contributed by atoms with Gasteiger partial charge in [-0.3, -0.25) is 4.79 Å². The Morgan fingerprint density at radius 1 is 1.53 bits per heavy atom. The molecule has 2 rings (SSSR count). The number of aliphatic hydroxyl groups excluding tert-OH is 1. The molecule has 0 unspecified atom stereocenters. The first-order valence-corrected chi connectivity index (χ1v) is 6.79. The number of nitrogens with one attached hydrogen (secondary N) is 1. The summed E-state index contributed by atoms with van der Waals surface area (Å²) in [6.45, 7) is 0.282. The maximum absolute atomic E-state index is 13.4. The molecule has 1 aromatic carbocycles. The minimum absolute atomic E-state index is 0.0432. The highest BCUT2D eigenvalue weighted by Crippen LogP contribution is 2.44. The highest BCUT2D eigenvalue weighted by Gasteiger charge is 2.42. The molecule has 0 atom stereocenters. The molecule has 0 spiro atoms. The molecule has 104 valence electrons. The minimum atomic E-state index is -0.517. The van der Waals surface area contributed by atoms with E-state index in [1.807, 2.05) is 0 Å². The van der Waals surface area contributed by atoms with E-state index < -0.39 is 5.82 Å². The molecule has 1 fully saturated rings. The molecule has 2 N–H and O–H groups in total. The van der Waals surface area contributed by atoms with Crippen LogP contribution in [0.2, 0.25) is 0 Å². The zero-order chi connectivity index (χ0) is 13.9. The summed E-state index contributed by atoms with van der Waals surface area (Å²) in [7, 11) is 0. The van der Waals surface area contributed by atoms with E-state index >= 15 is 0 Å². The van der Waals surface area contributed by atoms with Crippen LogP contribution in [-0.4, -0.2) is 30.8 Å². The van der Waals surface area contributed by atoms with Gasteiger partial charge in [0.15, 0.2) is 18.2 Å². The zero-order valence-electron chi connectivity index (χ0n) is 10.3. The van der Waals surface area contributed by atoms with E-state index in [9.17, 15) is 9.18 Å². The number of amides is 1. The number of hydrogen-bond acceptors (Lipinski definition) is 3. The molecule has 0 heterocycles. The monoisotopic (exact) mass is 331 g/mol. The second-order valence-electron chi connectivity index (χ2n) is 4.80. The predicted molar refractivity (Wildman–Crippen MR) is 71.4 cm³/mol. The van der Waals surface area contributed by atoms with Gasteiger partial charge in [-0.25, -0.2) is 4.39 Å². The molecule has 0 radical (unpaired) electrons. The van der Waals surface area contributed by atoms with E-state index in [0.29, 0.717) is 11.0 Å². The van der Waals surface area contributed by atoms with Crippen molar-refractivity contribution in [2.45, 2.75) is 12.8 Å². The van der Waals surface area contributed by atoms with Crippen LogP contribution in [0, 0.1) is 11.2 Å². The Labute approximate surface area is 119 Å². The van der Waals surface area contributed by atoms with Crippen LogP contribution in [0.25, 0.3) is 0 Å². The Hall–Kier alpha value is -1.14. The number of hydrogen-bond donors (Lipinski definition) is 2. The number of aliphatic hydroxyl groups is 1. The number of benzene rings is 1. The number of carbonyl (C=O) groups excluding carboxylic acids is 1. The van der Waals surface area contributed by atoms with Gasteiger partial charge in [-0.2, -0.15) is 0 Å². The van der Waals surface area contributed by atoms with Crippen LogP contribution in [0.5, 0.6) is 5.75 Å². The van der Waals surface area contributed by atoms with Gasteiger partial charge in [-0.1, -0.05) is 15.9 Å². The van der Waals surface area contributed by atoms with E-state index in [2.05, 4.69) is 21.2 Å². The number of halogens is 2. The summed E-state index contributed by atoms with van der Waals surface area (Å²) in [5, 5.41) is 11.8. The molecule has 1 amide bonds. The van der Waals surface area contributed by atoms with Gasteiger partial charge in [0.05, 0.1) is 6.61 Å². The van der Waals surface area contributed by atoms with Crippen molar-refractivity contribution in [3.8, 4) is 5.75 Å². The fourth-order valence-corrected chi connectivity index (χ4v) is 1.97. The van der Waals surface area contributed by atoms with E-state index in [0.717, 1.165) is 12.8 Å². The molecule has 19 heavy (non-hydrogen) atoms. The lowest BCUT2D eigenvalue weighted by atomic mass is 10.1. The predicted octanol–water partition coefficient (Wildman–Crippen LogP) is 1.86. The molecule has 6 heteroatoms. The van der Waals surface area contributed by atoms with Crippen LogP contribution in [0.1, 0.15) is 12.8 Å². The first-order chi connectivity index (χ1) is 9.04. The van der Waals surface area contributed by atoms with Crippen molar-refractivity contribution in [3.63, 3.8) is 0 Å². The van der Waals surface area contributed by atoms with Gasteiger partial charge < -0.3 is 15.2 Å². The molecule has 0 aromatic heterocycles. The SMILES string of the molecule is O=C(COc1ccc(Br)cc1F)NCC1(CO)CC1. The van der Waals surface area contributed by atoms with Gasteiger partial charge >= 0.3 is 0 Å². The molecular weight excluding hydrogens is 317 g/mol. The van der Waals surface area contributed by atoms with Gasteiger partial charge in [0.1, 0.15) is 0 Å². The molecule has 0 aliphatic heterocycles. The summed E-state index contributed by atoms with van der Waals surface area (Å²) in [4.78, 5) is 11.5. The first-order valence-electron chi connectivity index (χ1n) is 6.00. The Morgan fingerprint density at radius 3 is 2.84 bits per heavy atom. The van der Waals surface area contributed by atoms with Gasteiger partial charge in [0, 0.05) is 16.4 Å². The molecule has 4 nitrogen and oxygen atoms in total. The van der Waals surface area contributed by atoms with Gasteiger partial charge in [-0.05, 0) is 31.0 Å². The average molecular weight is 332 g/mol.